The fraction of sp³-hybridized carbons (Fsp3) is 0. The summed E-state index contributed by atoms with van der Waals surface area (Å²) in [6.45, 7) is 0. The third-order valence-corrected chi connectivity index (χ3v) is 3.11. The monoisotopic (exact) mass is 331 g/mol. The lowest BCUT2D eigenvalue weighted by atomic mass is 10.0. The van der Waals surface area contributed by atoms with E-state index in [2.05, 4.69) is 28.7 Å². The summed E-state index contributed by atoms with van der Waals surface area (Å²) in [5.41, 5.74) is 2.69. The van der Waals surface area contributed by atoms with Gasteiger partial charge in [0.25, 0.3) is 0 Å². The predicted molar refractivity (Wildman–Crippen MR) is 79.1 cm³/mol. The Kier molecular flexibility index (Phi) is 3.94. The Bertz CT molecular complexity index is 562. The Morgan fingerprint density at radius 3 is 2.24 bits per heavy atom. The standard InChI is InChI=1S/C15H10IN/c16-15-8-6-12(7-9-15)10-14(11-17)13-4-2-1-3-5-13/h1-10H/b14-10-. The Morgan fingerprint density at radius 1 is 1.00 bits per heavy atom. The molecule has 0 aliphatic carbocycles. The highest BCUT2D eigenvalue weighted by molar-refractivity contribution is 14.1. The van der Waals surface area contributed by atoms with Crippen molar-refractivity contribution in [1.82, 2.24) is 0 Å². The first-order valence-electron chi connectivity index (χ1n) is 5.22. The van der Waals surface area contributed by atoms with Crippen molar-refractivity contribution in [3.63, 3.8) is 0 Å². The molecular weight excluding hydrogens is 321 g/mol. The lowest BCUT2D eigenvalue weighted by Gasteiger charge is -1.99. The van der Waals surface area contributed by atoms with E-state index in [1.807, 2.05) is 60.7 Å². The molecule has 0 N–H and O–H groups in total. The van der Waals surface area contributed by atoms with Crippen molar-refractivity contribution in [2.45, 2.75) is 0 Å². The molecule has 2 aromatic carbocycles. The van der Waals surface area contributed by atoms with Crippen LogP contribution in [0.15, 0.2) is 54.6 Å². The van der Waals surface area contributed by atoms with Gasteiger partial charge in [0.1, 0.15) is 0 Å². The zero-order chi connectivity index (χ0) is 12.1. The van der Waals surface area contributed by atoms with E-state index in [9.17, 15) is 5.26 Å². The second kappa shape index (κ2) is 5.65. The minimum Gasteiger partial charge on any atom is -0.192 e. The maximum atomic E-state index is 9.18. The van der Waals surface area contributed by atoms with Crippen LogP contribution in [0.5, 0.6) is 0 Å². The molecule has 0 unspecified atom stereocenters. The Morgan fingerprint density at radius 2 is 1.65 bits per heavy atom. The van der Waals surface area contributed by atoms with Crippen LogP contribution in [0, 0.1) is 14.9 Å². The molecule has 2 heteroatoms. The normalized spacial score (nSPS) is 10.9. The third kappa shape index (κ3) is 3.18. The minimum atomic E-state index is 0.687. The van der Waals surface area contributed by atoms with Gasteiger partial charge >= 0.3 is 0 Å². The zero-order valence-corrected chi connectivity index (χ0v) is 11.3. The van der Waals surface area contributed by atoms with E-state index < -0.39 is 0 Å². The van der Waals surface area contributed by atoms with E-state index in [0.29, 0.717) is 5.57 Å². The van der Waals surface area contributed by atoms with Crippen molar-refractivity contribution in [3.8, 4) is 6.07 Å². The number of benzene rings is 2. The van der Waals surface area contributed by atoms with E-state index >= 15 is 0 Å². The SMILES string of the molecule is N#C/C(=C/c1ccc(I)cc1)c1ccccc1. The van der Waals surface area contributed by atoms with Gasteiger partial charge in [-0.1, -0.05) is 42.5 Å². The molecular formula is C15H10IN. The van der Waals surface area contributed by atoms with Crippen molar-refractivity contribution in [2.24, 2.45) is 0 Å². The van der Waals surface area contributed by atoms with Gasteiger partial charge < -0.3 is 0 Å². The highest BCUT2D eigenvalue weighted by Gasteiger charge is 1.99. The fourth-order valence-corrected chi connectivity index (χ4v) is 1.88. The fourth-order valence-electron chi connectivity index (χ4n) is 1.52. The number of hydrogen-bond donors (Lipinski definition) is 0. The first-order valence-corrected chi connectivity index (χ1v) is 6.30. The van der Waals surface area contributed by atoms with E-state index in [4.69, 9.17) is 0 Å². The van der Waals surface area contributed by atoms with Gasteiger partial charge in [0.15, 0.2) is 0 Å². The lowest BCUT2D eigenvalue weighted by molar-refractivity contribution is 1.52. The smallest absolute Gasteiger partial charge is 0.0998 e. The molecule has 0 aromatic heterocycles. The van der Waals surface area contributed by atoms with Crippen LogP contribution in [0.1, 0.15) is 11.1 Å². The van der Waals surface area contributed by atoms with Crippen LogP contribution in [-0.2, 0) is 0 Å². The molecule has 0 aliphatic heterocycles. The summed E-state index contributed by atoms with van der Waals surface area (Å²) in [7, 11) is 0. The summed E-state index contributed by atoms with van der Waals surface area (Å²) >= 11 is 2.27. The molecule has 0 atom stereocenters. The molecule has 2 rings (SSSR count). The van der Waals surface area contributed by atoms with Crippen molar-refractivity contribution in [2.75, 3.05) is 0 Å². The highest BCUT2D eigenvalue weighted by Crippen LogP contribution is 2.17. The van der Waals surface area contributed by atoms with E-state index in [1.54, 1.807) is 0 Å². The summed E-state index contributed by atoms with van der Waals surface area (Å²) in [6, 6.07) is 20.1. The Labute approximate surface area is 115 Å². The summed E-state index contributed by atoms with van der Waals surface area (Å²) in [6.07, 6.45) is 1.91. The molecule has 0 spiro atoms. The molecule has 17 heavy (non-hydrogen) atoms. The maximum absolute atomic E-state index is 9.18. The second-order valence-corrected chi connectivity index (χ2v) is 4.83. The Balaban J connectivity index is 2.37. The Hall–Kier alpha value is -1.60. The number of nitrogens with zero attached hydrogens (tertiary/aromatic N) is 1. The lowest BCUT2D eigenvalue weighted by Crippen LogP contribution is -1.81. The predicted octanol–water partition coefficient (Wildman–Crippen LogP) is 4.36. The van der Waals surface area contributed by atoms with E-state index in [0.717, 1.165) is 11.1 Å². The average Bonchev–Trinajstić information content (AvgIpc) is 2.39. The first-order chi connectivity index (χ1) is 8.29. The molecule has 0 heterocycles. The van der Waals surface area contributed by atoms with Crippen molar-refractivity contribution in [3.05, 3.63) is 69.3 Å². The number of hydrogen-bond acceptors (Lipinski definition) is 1. The molecule has 0 radical (unpaired) electrons. The maximum Gasteiger partial charge on any atom is 0.0998 e. The van der Waals surface area contributed by atoms with Crippen LogP contribution < -0.4 is 0 Å². The number of halogens is 1. The zero-order valence-electron chi connectivity index (χ0n) is 9.10. The molecule has 0 bridgehead atoms. The summed E-state index contributed by atoms with van der Waals surface area (Å²) in [5.74, 6) is 0. The molecule has 0 saturated carbocycles. The van der Waals surface area contributed by atoms with Crippen LogP contribution in [-0.4, -0.2) is 0 Å². The minimum absolute atomic E-state index is 0.687. The molecule has 0 aliphatic rings. The van der Waals surface area contributed by atoms with E-state index in [-0.39, 0.29) is 0 Å². The van der Waals surface area contributed by atoms with Crippen molar-refractivity contribution >= 4 is 34.2 Å². The van der Waals surface area contributed by atoms with Gasteiger partial charge in [0.2, 0.25) is 0 Å². The van der Waals surface area contributed by atoms with Crippen LogP contribution in [0.4, 0.5) is 0 Å². The average molecular weight is 331 g/mol. The number of allylic oxidation sites excluding steroid dienone is 1. The highest BCUT2D eigenvalue weighted by atomic mass is 127. The van der Waals surface area contributed by atoms with E-state index in [1.165, 1.54) is 3.57 Å². The molecule has 0 amide bonds. The molecule has 0 saturated heterocycles. The van der Waals surface area contributed by atoms with Crippen molar-refractivity contribution in [1.29, 1.82) is 5.26 Å². The largest absolute Gasteiger partial charge is 0.192 e. The van der Waals surface area contributed by atoms with Gasteiger partial charge in [-0.15, -0.1) is 0 Å². The number of nitriles is 1. The number of rotatable bonds is 2. The molecule has 1 nitrogen and oxygen atoms in total. The van der Waals surface area contributed by atoms with Gasteiger partial charge in [-0.05, 0) is 51.9 Å². The summed E-state index contributed by atoms with van der Waals surface area (Å²) < 4.78 is 1.19. The van der Waals surface area contributed by atoms with Gasteiger partial charge in [0.05, 0.1) is 11.6 Å². The van der Waals surface area contributed by atoms with Gasteiger partial charge in [0, 0.05) is 3.57 Å². The van der Waals surface area contributed by atoms with Crippen molar-refractivity contribution < 1.29 is 0 Å². The van der Waals surface area contributed by atoms with Crippen LogP contribution >= 0.6 is 22.6 Å². The third-order valence-electron chi connectivity index (χ3n) is 2.39. The first kappa shape index (κ1) is 11.9. The quantitative estimate of drug-likeness (QED) is 0.456. The molecule has 82 valence electrons. The van der Waals surface area contributed by atoms with Gasteiger partial charge in [-0.3, -0.25) is 0 Å². The van der Waals surface area contributed by atoms with Crippen LogP contribution in [0.2, 0.25) is 0 Å². The molecule has 0 fully saturated rings. The summed E-state index contributed by atoms with van der Waals surface area (Å²) in [4.78, 5) is 0. The van der Waals surface area contributed by atoms with Gasteiger partial charge in [-0.25, -0.2) is 0 Å². The van der Waals surface area contributed by atoms with Crippen LogP contribution in [0.3, 0.4) is 0 Å². The molecule has 2 aromatic rings. The second-order valence-electron chi connectivity index (χ2n) is 3.59. The topological polar surface area (TPSA) is 23.8 Å². The summed E-state index contributed by atoms with van der Waals surface area (Å²) in [5, 5.41) is 9.18. The van der Waals surface area contributed by atoms with Gasteiger partial charge in [-0.2, -0.15) is 5.26 Å². The van der Waals surface area contributed by atoms with Crippen LogP contribution in [0.25, 0.3) is 11.6 Å².